The van der Waals surface area contributed by atoms with Gasteiger partial charge in [0.05, 0.1) is 12.7 Å². The Kier molecular flexibility index (Phi) is 4.99. The van der Waals surface area contributed by atoms with Crippen molar-refractivity contribution in [2.75, 3.05) is 20.7 Å². The molecule has 0 aliphatic carbocycles. The molecule has 16 heavy (non-hydrogen) atoms. The topological polar surface area (TPSA) is 38.3 Å². The number of aryl methyl sites for hydroxylation is 1. The molecule has 0 heterocycles. The first-order chi connectivity index (χ1) is 7.69. The Hall–Kier alpha value is -1.35. The summed E-state index contributed by atoms with van der Waals surface area (Å²) in [6.45, 7) is 2.84. The number of Topliss-reactive ketones (excluding diaryl/α,β-unsaturated/α-hetero) is 1. The summed E-state index contributed by atoms with van der Waals surface area (Å²) >= 11 is 0. The Morgan fingerprint density at radius 1 is 1.44 bits per heavy atom. The first-order valence-corrected chi connectivity index (χ1v) is 5.51. The van der Waals surface area contributed by atoms with Gasteiger partial charge in [-0.1, -0.05) is 11.6 Å². The standard InChI is InChI=1S/C13H19NO2/c1-10-6-7-13(16-3)11(9-10)12(15)5-4-8-14-2/h6-7,9,14H,4-5,8H2,1-3H3. The van der Waals surface area contributed by atoms with Crippen molar-refractivity contribution in [3.63, 3.8) is 0 Å². The molecule has 3 heteroatoms. The number of ether oxygens (including phenoxy) is 1. The van der Waals surface area contributed by atoms with Crippen molar-refractivity contribution in [1.29, 1.82) is 0 Å². The molecule has 0 bridgehead atoms. The molecule has 88 valence electrons. The van der Waals surface area contributed by atoms with Crippen LogP contribution < -0.4 is 10.1 Å². The lowest BCUT2D eigenvalue weighted by molar-refractivity contribution is 0.0977. The van der Waals surface area contributed by atoms with E-state index in [0.717, 1.165) is 18.5 Å². The largest absolute Gasteiger partial charge is 0.496 e. The van der Waals surface area contributed by atoms with E-state index >= 15 is 0 Å². The van der Waals surface area contributed by atoms with Crippen molar-refractivity contribution in [2.24, 2.45) is 0 Å². The van der Waals surface area contributed by atoms with Gasteiger partial charge in [0.1, 0.15) is 5.75 Å². The SMILES string of the molecule is CNCCCC(=O)c1cc(C)ccc1OC. The number of carbonyl (C=O) groups is 1. The summed E-state index contributed by atoms with van der Waals surface area (Å²) in [4.78, 5) is 11.9. The van der Waals surface area contributed by atoms with Crippen molar-refractivity contribution in [2.45, 2.75) is 19.8 Å². The highest BCUT2D eigenvalue weighted by Crippen LogP contribution is 2.21. The fraction of sp³-hybridized carbons (Fsp3) is 0.462. The van der Waals surface area contributed by atoms with Gasteiger partial charge in [-0.25, -0.2) is 0 Å². The van der Waals surface area contributed by atoms with E-state index in [-0.39, 0.29) is 5.78 Å². The summed E-state index contributed by atoms with van der Waals surface area (Å²) in [5, 5.41) is 3.03. The Morgan fingerprint density at radius 2 is 2.19 bits per heavy atom. The van der Waals surface area contributed by atoms with Crippen LogP contribution in [-0.4, -0.2) is 26.5 Å². The third-order valence-electron chi connectivity index (χ3n) is 2.49. The number of nitrogens with one attached hydrogen (secondary N) is 1. The normalized spacial score (nSPS) is 10.2. The average molecular weight is 221 g/mol. The van der Waals surface area contributed by atoms with Crippen LogP contribution in [0.4, 0.5) is 0 Å². The van der Waals surface area contributed by atoms with Crippen LogP contribution >= 0.6 is 0 Å². The molecule has 0 saturated carbocycles. The number of hydrogen-bond donors (Lipinski definition) is 1. The summed E-state index contributed by atoms with van der Waals surface area (Å²) < 4.78 is 5.19. The summed E-state index contributed by atoms with van der Waals surface area (Å²) in [5.41, 5.74) is 1.77. The Bertz CT molecular complexity index is 361. The molecule has 1 aromatic rings. The van der Waals surface area contributed by atoms with Gasteiger partial charge in [-0.05, 0) is 39.1 Å². The van der Waals surface area contributed by atoms with Crippen LogP contribution in [0.25, 0.3) is 0 Å². The van der Waals surface area contributed by atoms with Crippen LogP contribution in [0, 0.1) is 6.92 Å². The molecule has 0 atom stereocenters. The third-order valence-corrected chi connectivity index (χ3v) is 2.49. The first-order valence-electron chi connectivity index (χ1n) is 5.51. The predicted octanol–water partition coefficient (Wildman–Crippen LogP) is 2.19. The van der Waals surface area contributed by atoms with E-state index in [1.165, 1.54) is 0 Å². The van der Waals surface area contributed by atoms with Crippen LogP contribution in [0.1, 0.15) is 28.8 Å². The highest BCUT2D eigenvalue weighted by Gasteiger charge is 2.11. The van der Waals surface area contributed by atoms with Gasteiger partial charge in [-0.3, -0.25) is 4.79 Å². The molecule has 0 fully saturated rings. The first kappa shape index (κ1) is 12.7. The smallest absolute Gasteiger partial charge is 0.166 e. The minimum absolute atomic E-state index is 0.149. The Morgan fingerprint density at radius 3 is 2.81 bits per heavy atom. The van der Waals surface area contributed by atoms with Crippen molar-refractivity contribution < 1.29 is 9.53 Å². The molecule has 1 N–H and O–H groups in total. The van der Waals surface area contributed by atoms with E-state index in [9.17, 15) is 4.79 Å². The Labute approximate surface area is 96.8 Å². The van der Waals surface area contributed by atoms with Gasteiger partial charge in [0, 0.05) is 6.42 Å². The average Bonchev–Trinajstić information content (AvgIpc) is 2.29. The summed E-state index contributed by atoms with van der Waals surface area (Å²) in [6.07, 6.45) is 1.41. The maximum absolute atomic E-state index is 11.9. The molecule has 0 unspecified atom stereocenters. The van der Waals surface area contributed by atoms with Gasteiger partial charge in [-0.2, -0.15) is 0 Å². The number of ketones is 1. The molecular weight excluding hydrogens is 202 g/mol. The molecule has 0 spiro atoms. The van der Waals surface area contributed by atoms with E-state index < -0.39 is 0 Å². The molecule has 0 aliphatic rings. The van der Waals surface area contributed by atoms with E-state index in [2.05, 4.69) is 5.32 Å². The van der Waals surface area contributed by atoms with Gasteiger partial charge in [-0.15, -0.1) is 0 Å². The van der Waals surface area contributed by atoms with Crippen molar-refractivity contribution in [3.05, 3.63) is 29.3 Å². The highest BCUT2D eigenvalue weighted by atomic mass is 16.5. The van der Waals surface area contributed by atoms with Gasteiger partial charge < -0.3 is 10.1 Å². The lowest BCUT2D eigenvalue weighted by Gasteiger charge is -2.08. The number of carbonyl (C=O) groups excluding carboxylic acids is 1. The second-order valence-corrected chi connectivity index (χ2v) is 3.83. The zero-order valence-electron chi connectivity index (χ0n) is 10.2. The second-order valence-electron chi connectivity index (χ2n) is 3.83. The van der Waals surface area contributed by atoms with Crippen LogP contribution in [0.2, 0.25) is 0 Å². The highest BCUT2D eigenvalue weighted by molar-refractivity contribution is 5.98. The summed E-state index contributed by atoms with van der Waals surface area (Å²) in [5.74, 6) is 0.816. The fourth-order valence-corrected chi connectivity index (χ4v) is 1.60. The van der Waals surface area contributed by atoms with E-state index in [1.54, 1.807) is 7.11 Å². The van der Waals surface area contributed by atoms with Crippen LogP contribution in [0.15, 0.2) is 18.2 Å². The molecule has 0 radical (unpaired) electrons. The van der Waals surface area contributed by atoms with Gasteiger partial charge in [0.2, 0.25) is 0 Å². The zero-order valence-corrected chi connectivity index (χ0v) is 10.2. The quantitative estimate of drug-likeness (QED) is 0.591. The third kappa shape index (κ3) is 3.35. The van der Waals surface area contributed by atoms with Gasteiger partial charge in [0.25, 0.3) is 0 Å². The van der Waals surface area contributed by atoms with Crippen LogP contribution in [0.5, 0.6) is 5.75 Å². The van der Waals surface area contributed by atoms with Crippen molar-refractivity contribution in [3.8, 4) is 5.75 Å². The van der Waals surface area contributed by atoms with Crippen molar-refractivity contribution >= 4 is 5.78 Å². The van der Waals surface area contributed by atoms with Crippen LogP contribution in [-0.2, 0) is 0 Å². The van der Waals surface area contributed by atoms with Crippen molar-refractivity contribution in [1.82, 2.24) is 5.32 Å². The lowest BCUT2D eigenvalue weighted by Crippen LogP contribution is -2.10. The molecule has 0 aromatic heterocycles. The molecule has 1 aromatic carbocycles. The van der Waals surface area contributed by atoms with E-state index in [1.807, 2.05) is 32.2 Å². The minimum atomic E-state index is 0.149. The maximum Gasteiger partial charge on any atom is 0.166 e. The number of rotatable bonds is 6. The molecule has 0 aliphatic heterocycles. The summed E-state index contributed by atoms with van der Waals surface area (Å²) in [7, 11) is 3.48. The zero-order chi connectivity index (χ0) is 12.0. The number of hydrogen-bond acceptors (Lipinski definition) is 3. The van der Waals surface area contributed by atoms with Gasteiger partial charge >= 0.3 is 0 Å². The fourth-order valence-electron chi connectivity index (χ4n) is 1.60. The predicted molar refractivity (Wildman–Crippen MR) is 65.2 cm³/mol. The monoisotopic (exact) mass is 221 g/mol. The Balaban J connectivity index is 2.76. The number of benzene rings is 1. The molecule has 0 amide bonds. The van der Waals surface area contributed by atoms with E-state index in [4.69, 9.17) is 4.74 Å². The summed E-state index contributed by atoms with van der Waals surface area (Å²) in [6, 6.07) is 5.68. The van der Waals surface area contributed by atoms with E-state index in [0.29, 0.717) is 17.7 Å². The second kappa shape index (κ2) is 6.28. The molecule has 0 saturated heterocycles. The minimum Gasteiger partial charge on any atom is -0.496 e. The van der Waals surface area contributed by atoms with Gasteiger partial charge in [0.15, 0.2) is 5.78 Å². The maximum atomic E-state index is 11.9. The lowest BCUT2D eigenvalue weighted by atomic mass is 10.0. The molecule has 1 rings (SSSR count). The molecule has 3 nitrogen and oxygen atoms in total. The number of methoxy groups -OCH3 is 1. The molecular formula is C13H19NO2. The van der Waals surface area contributed by atoms with Crippen LogP contribution in [0.3, 0.4) is 0 Å².